The quantitative estimate of drug-likeness (QED) is 0.509. The number of aromatic nitrogens is 4. The second-order valence-electron chi connectivity index (χ2n) is 6.59. The molecule has 5 N–H and O–H groups in total. The van der Waals surface area contributed by atoms with Crippen molar-refractivity contribution in [2.24, 2.45) is 11.5 Å². The molecule has 0 aliphatic heterocycles. The smallest absolute Gasteiger partial charge is 0.276 e. The van der Waals surface area contributed by atoms with Gasteiger partial charge in [0.2, 0.25) is 11.9 Å². The highest BCUT2D eigenvalue weighted by Crippen LogP contribution is 2.22. The summed E-state index contributed by atoms with van der Waals surface area (Å²) in [4.78, 5) is 28.8. The second kappa shape index (κ2) is 8.22. The summed E-state index contributed by atoms with van der Waals surface area (Å²) >= 11 is 0. The number of hydrogen-bond donors (Lipinski definition) is 3. The molecule has 0 aliphatic carbocycles. The monoisotopic (exact) mass is 383 g/mol. The number of amides is 2. The van der Waals surface area contributed by atoms with E-state index < -0.39 is 5.91 Å². The summed E-state index contributed by atoms with van der Waals surface area (Å²) < 4.78 is 3.57. The Morgan fingerprint density at radius 3 is 2.68 bits per heavy atom. The van der Waals surface area contributed by atoms with Gasteiger partial charge in [-0.25, -0.2) is 4.98 Å². The molecule has 0 unspecified atom stereocenters. The van der Waals surface area contributed by atoms with Gasteiger partial charge in [-0.05, 0) is 57.5 Å². The maximum atomic E-state index is 12.8. The van der Waals surface area contributed by atoms with Crippen LogP contribution in [0, 0.1) is 6.92 Å². The third kappa shape index (κ3) is 3.89. The summed E-state index contributed by atoms with van der Waals surface area (Å²) in [6, 6.07) is 6.83. The highest BCUT2D eigenvalue weighted by molar-refractivity contribution is 6.03. The second-order valence-corrected chi connectivity index (χ2v) is 6.59. The van der Waals surface area contributed by atoms with E-state index in [0.29, 0.717) is 42.4 Å². The van der Waals surface area contributed by atoms with E-state index in [1.165, 1.54) is 0 Å². The first-order valence-corrected chi connectivity index (χ1v) is 9.30. The average molecular weight is 383 g/mol. The lowest BCUT2D eigenvalue weighted by Crippen LogP contribution is -2.20. The number of hydrogen-bond acceptors (Lipinski definition) is 5. The molecule has 0 atom stereocenters. The van der Waals surface area contributed by atoms with Crippen molar-refractivity contribution in [3.8, 4) is 0 Å². The Morgan fingerprint density at radius 2 is 2.00 bits per heavy atom. The average Bonchev–Trinajstić information content (AvgIpc) is 3.21. The van der Waals surface area contributed by atoms with E-state index >= 15 is 0 Å². The van der Waals surface area contributed by atoms with Crippen molar-refractivity contribution in [3.05, 3.63) is 41.2 Å². The van der Waals surface area contributed by atoms with E-state index in [1.54, 1.807) is 28.9 Å². The Balaban J connectivity index is 1.98. The maximum Gasteiger partial charge on any atom is 0.276 e. The van der Waals surface area contributed by atoms with Crippen LogP contribution in [0.2, 0.25) is 0 Å². The molecule has 0 fully saturated rings. The zero-order valence-corrected chi connectivity index (χ0v) is 16.1. The number of anilines is 1. The molecule has 0 bridgehead atoms. The van der Waals surface area contributed by atoms with E-state index in [-0.39, 0.29) is 5.91 Å². The molecule has 0 radical (unpaired) electrons. The molecule has 0 spiro atoms. The number of nitrogens with two attached hydrogens (primary N) is 2. The van der Waals surface area contributed by atoms with Gasteiger partial charge in [-0.3, -0.25) is 19.6 Å². The molecule has 2 aromatic heterocycles. The van der Waals surface area contributed by atoms with Crippen LogP contribution in [-0.4, -0.2) is 37.7 Å². The molecule has 3 rings (SSSR count). The van der Waals surface area contributed by atoms with Gasteiger partial charge in [-0.1, -0.05) is 0 Å². The Kier molecular flexibility index (Phi) is 5.74. The van der Waals surface area contributed by atoms with Crippen LogP contribution in [-0.2, 0) is 13.1 Å². The van der Waals surface area contributed by atoms with Crippen molar-refractivity contribution in [2.45, 2.75) is 39.8 Å². The molecule has 1 aromatic carbocycles. The number of unbranched alkanes of at least 4 members (excludes halogenated alkanes) is 1. The zero-order valence-electron chi connectivity index (χ0n) is 16.1. The number of fused-ring (bicyclic) bond motifs is 1. The zero-order chi connectivity index (χ0) is 20.3. The van der Waals surface area contributed by atoms with Crippen molar-refractivity contribution in [2.75, 3.05) is 11.9 Å². The first-order chi connectivity index (χ1) is 13.4. The first kappa shape index (κ1) is 19.6. The van der Waals surface area contributed by atoms with Crippen LogP contribution in [0.25, 0.3) is 11.0 Å². The molecule has 148 valence electrons. The predicted octanol–water partition coefficient (Wildman–Crippen LogP) is 1.65. The fourth-order valence-electron chi connectivity index (χ4n) is 3.15. The van der Waals surface area contributed by atoms with Crippen LogP contribution in [0.5, 0.6) is 0 Å². The lowest BCUT2D eigenvalue weighted by atomic mass is 10.2. The molecule has 9 heteroatoms. The van der Waals surface area contributed by atoms with Gasteiger partial charge >= 0.3 is 0 Å². The van der Waals surface area contributed by atoms with Crippen LogP contribution < -0.4 is 16.8 Å². The van der Waals surface area contributed by atoms with E-state index in [0.717, 1.165) is 24.1 Å². The molecule has 0 saturated carbocycles. The predicted molar refractivity (Wildman–Crippen MR) is 107 cm³/mol. The molecule has 9 nitrogen and oxygen atoms in total. The number of aryl methyl sites for hydroxylation is 3. The lowest BCUT2D eigenvalue weighted by molar-refractivity contribution is 0.0996. The van der Waals surface area contributed by atoms with Gasteiger partial charge < -0.3 is 16.0 Å². The number of primary amides is 1. The number of imidazole rings is 1. The molecule has 0 aliphatic rings. The van der Waals surface area contributed by atoms with Gasteiger partial charge in [0.1, 0.15) is 5.69 Å². The number of carbonyl (C=O) groups is 2. The molecule has 3 aromatic rings. The SMILES string of the molecule is CCn1nc(C)cc1C(=O)Nc1nc2cc(C(N)=O)ccc2n1CCCCN. The Morgan fingerprint density at radius 1 is 1.21 bits per heavy atom. The Bertz CT molecular complexity index is 1020. The summed E-state index contributed by atoms with van der Waals surface area (Å²) in [6.07, 6.45) is 1.70. The Hall–Kier alpha value is -3.20. The minimum absolute atomic E-state index is 0.284. The number of rotatable bonds is 8. The van der Waals surface area contributed by atoms with Crippen LogP contribution in [0.15, 0.2) is 24.3 Å². The van der Waals surface area contributed by atoms with E-state index in [2.05, 4.69) is 15.4 Å². The molecule has 28 heavy (non-hydrogen) atoms. The summed E-state index contributed by atoms with van der Waals surface area (Å²) in [5.74, 6) is -0.388. The summed E-state index contributed by atoms with van der Waals surface area (Å²) in [6.45, 7) is 5.60. The molecular formula is C19H25N7O2. The third-order valence-electron chi connectivity index (χ3n) is 4.53. The fraction of sp³-hybridized carbons (Fsp3) is 0.368. The third-order valence-corrected chi connectivity index (χ3v) is 4.53. The van der Waals surface area contributed by atoms with E-state index in [4.69, 9.17) is 11.5 Å². The van der Waals surface area contributed by atoms with Crippen LogP contribution in [0.4, 0.5) is 5.95 Å². The standard InChI is InChI=1S/C19H25N7O2/c1-3-26-16(10-12(2)24-26)18(28)23-19-22-14-11-13(17(21)27)6-7-15(14)25(19)9-5-4-8-20/h6-7,10-11H,3-5,8-9,20H2,1-2H3,(H2,21,27)(H,22,23,28). The summed E-state index contributed by atoms with van der Waals surface area (Å²) in [5, 5.41) is 7.20. The highest BCUT2D eigenvalue weighted by Gasteiger charge is 2.18. The normalized spacial score (nSPS) is 11.1. The number of nitrogens with one attached hydrogen (secondary N) is 1. The maximum absolute atomic E-state index is 12.8. The van der Waals surface area contributed by atoms with Crippen LogP contribution in [0.1, 0.15) is 46.3 Å². The van der Waals surface area contributed by atoms with Crippen molar-refractivity contribution in [3.63, 3.8) is 0 Å². The van der Waals surface area contributed by atoms with Gasteiger partial charge in [0.05, 0.1) is 16.7 Å². The van der Waals surface area contributed by atoms with Crippen molar-refractivity contribution >= 4 is 28.8 Å². The van der Waals surface area contributed by atoms with Crippen molar-refractivity contribution < 1.29 is 9.59 Å². The minimum atomic E-state index is -0.521. The molecular weight excluding hydrogens is 358 g/mol. The molecule has 0 saturated heterocycles. The summed E-state index contributed by atoms with van der Waals surface area (Å²) in [7, 11) is 0. The van der Waals surface area contributed by atoms with Gasteiger partial charge in [0, 0.05) is 18.7 Å². The largest absolute Gasteiger partial charge is 0.366 e. The van der Waals surface area contributed by atoms with Gasteiger partial charge in [-0.2, -0.15) is 5.10 Å². The van der Waals surface area contributed by atoms with E-state index in [1.807, 2.05) is 18.4 Å². The first-order valence-electron chi connectivity index (χ1n) is 9.30. The van der Waals surface area contributed by atoms with Crippen LogP contribution in [0.3, 0.4) is 0 Å². The highest BCUT2D eigenvalue weighted by atomic mass is 16.2. The minimum Gasteiger partial charge on any atom is -0.366 e. The molecule has 2 amide bonds. The molecule has 2 heterocycles. The van der Waals surface area contributed by atoms with Crippen molar-refractivity contribution in [1.82, 2.24) is 19.3 Å². The summed E-state index contributed by atoms with van der Waals surface area (Å²) in [5.41, 5.74) is 14.0. The number of nitrogens with zero attached hydrogens (tertiary/aromatic N) is 4. The number of carbonyl (C=O) groups excluding carboxylic acids is 2. The number of benzene rings is 1. The van der Waals surface area contributed by atoms with Crippen LogP contribution >= 0.6 is 0 Å². The van der Waals surface area contributed by atoms with Crippen molar-refractivity contribution in [1.29, 1.82) is 0 Å². The van der Waals surface area contributed by atoms with E-state index in [9.17, 15) is 9.59 Å². The Labute approximate surface area is 162 Å². The topological polar surface area (TPSA) is 134 Å². The fourth-order valence-corrected chi connectivity index (χ4v) is 3.15. The lowest BCUT2D eigenvalue weighted by Gasteiger charge is -2.10. The van der Waals surface area contributed by atoms with Gasteiger partial charge in [0.25, 0.3) is 5.91 Å². The van der Waals surface area contributed by atoms with Gasteiger partial charge in [0.15, 0.2) is 0 Å². The van der Waals surface area contributed by atoms with Gasteiger partial charge in [-0.15, -0.1) is 0 Å².